The molecule has 2 aromatic rings. The summed E-state index contributed by atoms with van der Waals surface area (Å²) in [7, 11) is 0. The molecule has 0 unspecified atom stereocenters. The molecule has 1 N–H and O–H groups in total. The Balaban J connectivity index is 0.000000339. The molecular weight excluding hydrogens is 421 g/mol. The summed E-state index contributed by atoms with van der Waals surface area (Å²) in [6.45, 7) is 3.02. The molecule has 0 aromatic carbocycles. The molecule has 168 valence electrons. The van der Waals surface area contributed by atoms with Gasteiger partial charge in [-0.3, -0.25) is 9.78 Å². The van der Waals surface area contributed by atoms with Crippen molar-refractivity contribution in [3.05, 3.63) is 48.2 Å². The highest BCUT2D eigenvalue weighted by Gasteiger charge is 2.48. The number of aryl methyl sites for hydroxylation is 1. The van der Waals surface area contributed by atoms with E-state index in [-0.39, 0.29) is 24.2 Å². The number of aromatic nitrogens is 1. The van der Waals surface area contributed by atoms with Gasteiger partial charge < -0.3 is 23.9 Å². The number of furan rings is 1. The molecule has 0 spiro atoms. The molecule has 4 heterocycles. The number of carboxylic acid groups (broad SMARTS) is 1. The lowest BCUT2D eigenvalue weighted by Gasteiger charge is -2.32. The van der Waals surface area contributed by atoms with Crippen LogP contribution in [-0.2, 0) is 9.53 Å². The number of likely N-dealkylation sites (tertiary alicyclic amines) is 1. The zero-order valence-corrected chi connectivity index (χ0v) is 16.5. The molecular formula is C20H21F3N2O6. The van der Waals surface area contributed by atoms with E-state index in [9.17, 15) is 18.0 Å². The highest BCUT2D eigenvalue weighted by atomic mass is 19.4. The van der Waals surface area contributed by atoms with Crippen LogP contribution in [0.5, 0.6) is 5.75 Å². The normalized spacial score (nSPS) is 22.8. The van der Waals surface area contributed by atoms with Crippen molar-refractivity contribution < 1.29 is 41.8 Å². The fourth-order valence-electron chi connectivity index (χ4n) is 3.60. The molecule has 2 fully saturated rings. The average molecular weight is 442 g/mol. The molecule has 3 atom stereocenters. The van der Waals surface area contributed by atoms with Gasteiger partial charge in [0.15, 0.2) is 0 Å². The Bertz CT molecular complexity index is 902. The van der Waals surface area contributed by atoms with Gasteiger partial charge in [-0.15, -0.1) is 0 Å². The van der Waals surface area contributed by atoms with Crippen molar-refractivity contribution in [3.8, 4) is 5.75 Å². The average Bonchev–Trinajstić information content (AvgIpc) is 3.32. The number of hydrogen-bond donors (Lipinski definition) is 1. The van der Waals surface area contributed by atoms with E-state index in [0.717, 1.165) is 12.8 Å². The summed E-state index contributed by atoms with van der Waals surface area (Å²) in [5, 5.41) is 7.12. The van der Waals surface area contributed by atoms with E-state index in [4.69, 9.17) is 23.8 Å². The molecule has 2 aromatic heterocycles. The number of carbonyl (C=O) groups excluding carboxylic acids is 1. The van der Waals surface area contributed by atoms with E-state index < -0.39 is 12.1 Å². The number of rotatable bonds is 3. The van der Waals surface area contributed by atoms with Gasteiger partial charge in [-0.2, -0.15) is 13.2 Å². The lowest BCUT2D eigenvalue weighted by molar-refractivity contribution is -0.192. The highest BCUT2D eigenvalue weighted by molar-refractivity contribution is 5.95. The summed E-state index contributed by atoms with van der Waals surface area (Å²) in [5.41, 5.74) is 0.612. The maximum absolute atomic E-state index is 12.9. The number of halogens is 3. The second-order valence-electron chi connectivity index (χ2n) is 7.04. The summed E-state index contributed by atoms with van der Waals surface area (Å²) in [6.07, 6.45) is 1.46. The number of fused-ring (bicyclic) bond motifs is 1. The van der Waals surface area contributed by atoms with Crippen molar-refractivity contribution in [2.75, 3.05) is 13.2 Å². The topological polar surface area (TPSA) is 102 Å². The Morgan fingerprint density at radius 1 is 1.32 bits per heavy atom. The van der Waals surface area contributed by atoms with Crippen LogP contribution in [0.25, 0.3) is 0 Å². The number of carbonyl (C=O) groups is 2. The first-order valence-electron chi connectivity index (χ1n) is 9.52. The third-order valence-corrected chi connectivity index (χ3v) is 4.99. The SMILES string of the molecule is Cc1occc1C(=O)N1C[C@H](Oc2cccnc2)[C@H]2OCCC[C@H]21.O=C(O)C(F)(F)F. The monoisotopic (exact) mass is 442 g/mol. The molecule has 0 bridgehead atoms. The summed E-state index contributed by atoms with van der Waals surface area (Å²) in [4.78, 5) is 27.8. The van der Waals surface area contributed by atoms with Crippen LogP contribution in [0.2, 0.25) is 0 Å². The molecule has 0 radical (unpaired) electrons. The first-order chi connectivity index (χ1) is 14.7. The molecule has 11 heteroatoms. The van der Waals surface area contributed by atoms with Crippen LogP contribution in [0.15, 0.2) is 41.3 Å². The number of carboxylic acids is 1. The van der Waals surface area contributed by atoms with Crippen molar-refractivity contribution in [1.82, 2.24) is 9.88 Å². The second kappa shape index (κ2) is 9.38. The Kier molecular flexibility index (Phi) is 6.84. The molecule has 2 aliphatic heterocycles. The van der Waals surface area contributed by atoms with Crippen molar-refractivity contribution in [1.29, 1.82) is 0 Å². The van der Waals surface area contributed by atoms with Crippen LogP contribution in [0, 0.1) is 6.92 Å². The summed E-state index contributed by atoms with van der Waals surface area (Å²) >= 11 is 0. The molecule has 1 amide bonds. The third-order valence-electron chi connectivity index (χ3n) is 4.99. The number of ether oxygens (including phenoxy) is 2. The largest absolute Gasteiger partial charge is 0.490 e. The highest BCUT2D eigenvalue weighted by Crippen LogP contribution is 2.33. The lowest BCUT2D eigenvalue weighted by Crippen LogP contribution is -2.44. The second-order valence-corrected chi connectivity index (χ2v) is 7.04. The Morgan fingerprint density at radius 2 is 2.06 bits per heavy atom. The molecule has 4 rings (SSSR count). The van der Waals surface area contributed by atoms with Crippen molar-refractivity contribution in [2.45, 2.75) is 44.2 Å². The van der Waals surface area contributed by atoms with Crippen LogP contribution in [0.1, 0.15) is 29.0 Å². The van der Waals surface area contributed by atoms with Crippen LogP contribution in [0.3, 0.4) is 0 Å². The Morgan fingerprint density at radius 3 is 2.65 bits per heavy atom. The van der Waals surface area contributed by atoms with E-state index >= 15 is 0 Å². The van der Waals surface area contributed by atoms with Crippen LogP contribution >= 0.6 is 0 Å². The van der Waals surface area contributed by atoms with Crippen LogP contribution in [0.4, 0.5) is 13.2 Å². The smallest absolute Gasteiger partial charge is 0.484 e. The molecule has 8 nitrogen and oxygen atoms in total. The Labute approximate surface area is 175 Å². The van der Waals surface area contributed by atoms with Crippen LogP contribution < -0.4 is 4.74 Å². The van der Waals surface area contributed by atoms with Gasteiger partial charge in [0.1, 0.15) is 23.7 Å². The first-order valence-corrected chi connectivity index (χ1v) is 9.52. The fraction of sp³-hybridized carbons (Fsp3) is 0.450. The molecule has 31 heavy (non-hydrogen) atoms. The Hall–Kier alpha value is -3.08. The van der Waals surface area contributed by atoms with Gasteiger partial charge >= 0.3 is 12.1 Å². The number of alkyl halides is 3. The maximum atomic E-state index is 12.9. The van der Waals surface area contributed by atoms with E-state index in [1.807, 2.05) is 24.0 Å². The fourth-order valence-corrected chi connectivity index (χ4v) is 3.60. The van der Waals surface area contributed by atoms with Gasteiger partial charge in [0.05, 0.1) is 30.6 Å². The summed E-state index contributed by atoms with van der Waals surface area (Å²) in [6, 6.07) is 5.48. The van der Waals surface area contributed by atoms with E-state index in [1.54, 1.807) is 24.7 Å². The third kappa shape index (κ3) is 5.35. The zero-order valence-electron chi connectivity index (χ0n) is 16.5. The van der Waals surface area contributed by atoms with Gasteiger partial charge in [-0.1, -0.05) is 0 Å². The standard InChI is InChI=1S/C18H20N2O4.C2HF3O2/c1-12-14(6-9-22-12)18(21)20-11-16(17-15(20)5-3-8-23-17)24-13-4-2-7-19-10-13;3-2(4,5)1(6)7/h2,4,6-7,9-10,15-17H,3,5,8,11H2,1H3;(H,6,7)/t15-,16+,17+;/m1./s1. The van der Waals surface area contributed by atoms with Crippen molar-refractivity contribution >= 4 is 11.9 Å². The van der Waals surface area contributed by atoms with Gasteiger partial charge in [0, 0.05) is 12.8 Å². The molecule has 2 aliphatic rings. The van der Waals surface area contributed by atoms with Gasteiger partial charge in [-0.05, 0) is 38.0 Å². The molecule has 0 aliphatic carbocycles. The number of nitrogens with zero attached hydrogens (tertiary/aromatic N) is 2. The van der Waals surface area contributed by atoms with Crippen LogP contribution in [-0.4, -0.2) is 64.4 Å². The number of hydrogen-bond acceptors (Lipinski definition) is 6. The lowest BCUT2D eigenvalue weighted by atomic mass is 10.0. The predicted molar refractivity (Wildman–Crippen MR) is 99.6 cm³/mol. The number of pyridine rings is 1. The zero-order chi connectivity index (χ0) is 22.6. The minimum Gasteiger partial charge on any atom is -0.484 e. The number of aliphatic carboxylic acids is 1. The molecule has 0 saturated carbocycles. The predicted octanol–water partition coefficient (Wildman–Crippen LogP) is 3.07. The first kappa shape index (κ1) is 22.6. The van der Waals surface area contributed by atoms with Gasteiger partial charge in [0.25, 0.3) is 5.91 Å². The van der Waals surface area contributed by atoms with E-state index in [1.165, 1.54) is 0 Å². The van der Waals surface area contributed by atoms with E-state index in [2.05, 4.69) is 4.98 Å². The van der Waals surface area contributed by atoms with Crippen molar-refractivity contribution in [2.24, 2.45) is 0 Å². The minimum absolute atomic E-state index is 0.0148. The minimum atomic E-state index is -5.08. The van der Waals surface area contributed by atoms with Gasteiger partial charge in [-0.25, -0.2) is 4.79 Å². The van der Waals surface area contributed by atoms with E-state index in [0.29, 0.717) is 30.2 Å². The quantitative estimate of drug-likeness (QED) is 0.780. The maximum Gasteiger partial charge on any atom is 0.490 e. The van der Waals surface area contributed by atoms with Crippen molar-refractivity contribution in [3.63, 3.8) is 0 Å². The molecule has 2 saturated heterocycles. The summed E-state index contributed by atoms with van der Waals surface area (Å²) in [5.74, 6) is -1.43. The number of amides is 1. The van der Waals surface area contributed by atoms with Gasteiger partial charge in [0.2, 0.25) is 0 Å². The summed E-state index contributed by atoms with van der Waals surface area (Å²) < 4.78 is 49.0.